The number of hydrogen-bond donors (Lipinski definition) is 0. The Labute approximate surface area is 509 Å². The van der Waals surface area contributed by atoms with E-state index in [0.717, 1.165) is 58.0 Å². The van der Waals surface area contributed by atoms with Gasteiger partial charge in [0.1, 0.15) is 24.2 Å². The van der Waals surface area contributed by atoms with Crippen LogP contribution < -0.4 is 0 Å². The van der Waals surface area contributed by atoms with Crippen molar-refractivity contribution in [3.8, 4) is 0 Å². The van der Waals surface area contributed by atoms with Gasteiger partial charge in [-0.3, -0.25) is 28.5 Å². The van der Waals surface area contributed by atoms with E-state index in [-0.39, 0.29) is 62.2 Å². The summed E-state index contributed by atoms with van der Waals surface area (Å²) >= 11 is 0. The number of hydrogen-bond acceptors (Lipinski definition) is 14. The molecule has 2 aromatic carbocycles. The number of esters is 4. The highest BCUT2D eigenvalue weighted by Crippen LogP contribution is 2.25. The average molecular weight is 1190 g/mol. The molecule has 0 saturated carbocycles. The minimum atomic E-state index is -1.53. The second-order valence-electron chi connectivity index (χ2n) is 24.9. The average Bonchev–Trinajstić information content (AvgIpc) is 3.06. The third kappa shape index (κ3) is 19.3. The molecule has 472 valence electrons. The molecule has 4 aromatic rings. The second kappa shape index (κ2) is 32.4. The fourth-order valence-electron chi connectivity index (χ4n) is 10.8. The molecule has 20 nitrogen and oxygen atoms in total. The Morgan fingerprint density at radius 3 is 0.942 bits per heavy atom. The number of carbonyl (C=O) groups excluding carboxylic acids is 8. The maximum Gasteiger partial charge on any atom is 0.329 e. The van der Waals surface area contributed by atoms with Gasteiger partial charge in [-0.05, 0) is 110 Å². The topological polar surface area (TPSA) is 222 Å². The van der Waals surface area contributed by atoms with Crippen LogP contribution in [0.2, 0.25) is 0 Å². The summed E-state index contributed by atoms with van der Waals surface area (Å²) in [7, 11) is 5.61. The highest BCUT2D eigenvalue weighted by Gasteiger charge is 2.43. The summed E-state index contributed by atoms with van der Waals surface area (Å²) in [6.45, 7) is 22.8. The number of benzene rings is 2. The maximum absolute atomic E-state index is 15.1. The molecule has 4 amide bonds. The maximum atomic E-state index is 15.1. The molecule has 0 bridgehead atoms. The Morgan fingerprint density at radius 2 is 0.663 bits per heavy atom. The van der Waals surface area contributed by atoms with Gasteiger partial charge in [-0.2, -0.15) is 10.2 Å². The van der Waals surface area contributed by atoms with E-state index in [4.69, 9.17) is 18.9 Å². The van der Waals surface area contributed by atoms with Crippen LogP contribution in [0.25, 0.3) is 0 Å². The molecule has 0 aliphatic carbocycles. The molecule has 1 aliphatic rings. The van der Waals surface area contributed by atoms with Gasteiger partial charge in [-0.1, -0.05) is 131 Å². The number of carbonyl (C=O) groups is 8. The summed E-state index contributed by atoms with van der Waals surface area (Å²) in [4.78, 5) is 123. The summed E-state index contributed by atoms with van der Waals surface area (Å²) in [5, 5.41) is 9.00. The molecule has 1 aliphatic heterocycles. The Hall–Kier alpha value is -7.38. The highest BCUT2D eigenvalue weighted by molar-refractivity contribution is 5.94. The predicted octanol–water partition coefficient (Wildman–Crippen LogP) is 8.06. The fraction of sp³-hybridized carbons (Fsp3) is 0.606. The van der Waals surface area contributed by atoms with Gasteiger partial charge < -0.3 is 38.5 Å². The van der Waals surface area contributed by atoms with Gasteiger partial charge in [0.25, 0.3) is 23.6 Å². The smallest absolute Gasteiger partial charge is 0.329 e. The fourth-order valence-corrected chi connectivity index (χ4v) is 10.8. The van der Waals surface area contributed by atoms with E-state index >= 15 is 9.59 Å². The zero-order chi connectivity index (χ0) is 63.7. The highest BCUT2D eigenvalue weighted by atomic mass is 16.6. The van der Waals surface area contributed by atoms with Gasteiger partial charge in [-0.25, -0.2) is 19.2 Å². The summed E-state index contributed by atoms with van der Waals surface area (Å²) in [6, 6.07) is 13.8. The number of aromatic nitrogens is 4. The Balaban J connectivity index is 1.58. The van der Waals surface area contributed by atoms with Crippen LogP contribution in [0.5, 0.6) is 0 Å². The Kier molecular flexibility index (Phi) is 26.1. The van der Waals surface area contributed by atoms with Crippen molar-refractivity contribution < 1.29 is 57.3 Å². The van der Waals surface area contributed by atoms with E-state index in [1.807, 2.05) is 125 Å². The van der Waals surface area contributed by atoms with Crippen LogP contribution in [0.1, 0.15) is 155 Å². The molecule has 1 saturated heterocycles. The van der Waals surface area contributed by atoms with E-state index in [1.54, 1.807) is 12.4 Å². The summed E-state index contributed by atoms with van der Waals surface area (Å²) in [5.41, 5.74) is 5.32. The lowest BCUT2D eigenvalue weighted by molar-refractivity contribution is -0.176. The van der Waals surface area contributed by atoms with Crippen LogP contribution in [0.4, 0.5) is 0 Å². The van der Waals surface area contributed by atoms with E-state index in [1.165, 1.54) is 51.8 Å². The van der Waals surface area contributed by atoms with Gasteiger partial charge in [0, 0.05) is 64.8 Å². The van der Waals surface area contributed by atoms with Crippen LogP contribution in [-0.4, -0.2) is 163 Å². The minimum absolute atomic E-state index is 0.0849. The molecule has 3 heterocycles. The molecule has 0 radical (unpaired) electrons. The monoisotopic (exact) mass is 1190 g/mol. The van der Waals surface area contributed by atoms with Gasteiger partial charge in [0.2, 0.25) is 0 Å². The molecule has 0 N–H and O–H groups in total. The van der Waals surface area contributed by atoms with Gasteiger partial charge in [0.05, 0.1) is 13.1 Å². The van der Waals surface area contributed by atoms with Crippen LogP contribution in [0, 0.1) is 23.7 Å². The largest absolute Gasteiger partial charge is 0.451 e. The van der Waals surface area contributed by atoms with Crippen molar-refractivity contribution in [2.24, 2.45) is 23.7 Å². The number of rotatable bonds is 20. The minimum Gasteiger partial charge on any atom is -0.451 e. The molecular weight excluding hydrogens is 1100 g/mol. The van der Waals surface area contributed by atoms with Gasteiger partial charge in [0.15, 0.2) is 24.4 Å². The van der Waals surface area contributed by atoms with Gasteiger partial charge >= 0.3 is 23.9 Å². The molecular formula is C66H96N8O12. The van der Waals surface area contributed by atoms with Crippen LogP contribution >= 0.6 is 0 Å². The number of nitrogens with zero attached hydrogens (tertiary/aromatic N) is 8. The van der Waals surface area contributed by atoms with Crippen LogP contribution in [0.3, 0.4) is 0 Å². The van der Waals surface area contributed by atoms with Crippen LogP contribution in [-0.2, 0) is 96.1 Å². The SMILES string of the molecule is CCCc1ccnn1Cc1ccc(CC2OC(=O)C(CC(C)C)N(C)C(=O)C(C)OC(=O)C(CC(C)C)N(C)C(=O)C(Cc3ccc(Cn4nccc4CCC)cc3)OC(=O)C(CC(C)C)N(C)C(=O)C(C)OC(=O)C(CC(C)C)N(C)C2=O)cc1. The molecule has 1 fully saturated rings. The van der Waals surface area contributed by atoms with E-state index < -0.39 is 96.1 Å². The zero-order valence-electron chi connectivity index (χ0n) is 53.8. The van der Waals surface area contributed by atoms with Crippen molar-refractivity contribution in [3.05, 3.63) is 107 Å². The lowest BCUT2D eigenvalue weighted by Gasteiger charge is -2.35. The summed E-state index contributed by atoms with van der Waals surface area (Å²) in [6.07, 6.45) is 1.22. The van der Waals surface area contributed by atoms with Crippen molar-refractivity contribution in [2.75, 3.05) is 28.2 Å². The Bertz CT molecular complexity index is 2690. The van der Waals surface area contributed by atoms with Crippen LogP contribution in [0.15, 0.2) is 73.1 Å². The Morgan fingerprint density at radius 1 is 0.395 bits per heavy atom. The molecule has 20 heteroatoms. The number of cyclic esters (lactones) is 4. The van der Waals surface area contributed by atoms with Crippen molar-refractivity contribution >= 4 is 47.5 Å². The zero-order valence-corrected chi connectivity index (χ0v) is 53.8. The first-order chi connectivity index (χ1) is 40.6. The molecule has 8 atom stereocenters. The van der Waals surface area contributed by atoms with Crippen molar-refractivity contribution in [3.63, 3.8) is 0 Å². The normalized spacial score (nSPS) is 22.5. The first-order valence-corrected chi connectivity index (χ1v) is 30.7. The molecule has 8 unspecified atom stereocenters. The molecule has 86 heavy (non-hydrogen) atoms. The predicted molar refractivity (Wildman–Crippen MR) is 326 cm³/mol. The number of aryl methyl sites for hydroxylation is 2. The molecule has 5 rings (SSSR count). The number of amides is 4. The lowest BCUT2D eigenvalue weighted by atomic mass is 9.99. The first kappa shape index (κ1) is 69.4. The third-order valence-corrected chi connectivity index (χ3v) is 15.7. The van der Waals surface area contributed by atoms with E-state index in [2.05, 4.69) is 24.0 Å². The number of likely N-dealkylation sites (N-methyl/N-ethyl adjacent to an activating group) is 4. The van der Waals surface area contributed by atoms with Crippen molar-refractivity contribution in [1.29, 1.82) is 0 Å². The standard InChI is InChI=1S/C66H96N8O12/c1-17-19-51-29-31-67-73(51)39-49-25-21-47(22-26-49)37-57-61(77)71(15)53(33-41(3)4)63(79)83-46(12)60(76)70(14)56(36-44(9)10)66(82)86-58(38-48-23-27-50(28-24-48)40-74-52(20-18-2)30-32-68-74)62(78)72(16)54(34-42(5)6)64(80)84-45(11)59(75)69(13)55(35-43(7)8)65(81)85-57/h21-32,41-46,53-58H,17-20,33-40H2,1-16H3. The van der Waals surface area contributed by atoms with Gasteiger partial charge in [-0.15, -0.1) is 0 Å². The number of ether oxygens (including phenoxy) is 4. The quantitative estimate of drug-likeness (QED) is 0.0603. The second-order valence-corrected chi connectivity index (χ2v) is 24.9. The first-order valence-electron chi connectivity index (χ1n) is 30.7. The molecule has 0 spiro atoms. The third-order valence-electron chi connectivity index (χ3n) is 15.7. The summed E-state index contributed by atoms with van der Waals surface area (Å²) < 4.78 is 28.2. The lowest BCUT2D eigenvalue weighted by Crippen LogP contribution is -2.55. The van der Waals surface area contributed by atoms with E-state index in [0.29, 0.717) is 24.2 Å². The molecule has 2 aromatic heterocycles. The summed E-state index contributed by atoms with van der Waals surface area (Å²) in [5.74, 6) is -7.38. The van der Waals surface area contributed by atoms with Crippen molar-refractivity contribution in [2.45, 2.75) is 209 Å². The van der Waals surface area contributed by atoms with E-state index in [9.17, 15) is 28.8 Å². The van der Waals surface area contributed by atoms with Crippen molar-refractivity contribution in [1.82, 2.24) is 39.2 Å².